The maximum Gasteiger partial charge on any atom is 0.259 e. The van der Waals surface area contributed by atoms with Crippen LogP contribution in [-0.2, 0) is 0 Å². The predicted octanol–water partition coefficient (Wildman–Crippen LogP) is 4.73. The second-order valence-electron chi connectivity index (χ2n) is 5.45. The number of hydrogen-bond donors (Lipinski definition) is 1. The summed E-state index contributed by atoms with van der Waals surface area (Å²) in [5, 5.41) is 2.94. The van der Waals surface area contributed by atoms with Gasteiger partial charge >= 0.3 is 0 Å². The third kappa shape index (κ3) is 4.10. The molecule has 0 fully saturated rings. The van der Waals surface area contributed by atoms with Crippen LogP contribution < -0.4 is 10.1 Å². The molecule has 2 aromatic carbocycles. The molecule has 1 N–H and O–H groups in total. The Morgan fingerprint density at radius 3 is 2.59 bits per heavy atom. The first-order valence-electron chi connectivity index (χ1n) is 7.72. The summed E-state index contributed by atoms with van der Waals surface area (Å²) in [5.41, 5.74) is 3.74. The van der Waals surface area contributed by atoms with E-state index in [2.05, 4.69) is 19.2 Å². The zero-order valence-corrected chi connectivity index (χ0v) is 13.5. The minimum Gasteiger partial charge on any atom is -0.493 e. The summed E-state index contributed by atoms with van der Waals surface area (Å²) in [6, 6.07) is 13.3. The number of aryl methyl sites for hydroxylation is 2. The highest BCUT2D eigenvalue weighted by Crippen LogP contribution is 2.21. The lowest BCUT2D eigenvalue weighted by Crippen LogP contribution is -2.14. The molecular formula is C19H23NO2. The van der Waals surface area contributed by atoms with E-state index >= 15 is 0 Å². The van der Waals surface area contributed by atoms with E-state index in [1.54, 1.807) is 6.07 Å². The second kappa shape index (κ2) is 7.64. The topological polar surface area (TPSA) is 38.3 Å². The summed E-state index contributed by atoms with van der Waals surface area (Å²) in [7, 11) is 0. The monoisotopic (exact) mass is 297 g/mol. The number of carbonyl (C=O) groups excluding carboxylic acids is 1. The lowest BCUT2D eigenvalue weighted by molar-refractivity contribution is 0.102. The quantitative estimate of drug-likeness (QED) is 0.782. The van der Waals surface area contributed by atoms with E-state index in [0.717, 1.165) is 24.1 Å². The average molecular weight is 297 g/mol. The second-order valence-corrected chi connectivity index (χ2v) is 5.45. The molecular weight excluding hydrogens is 274 g/mol. The summed E-state index contributed by atoms with van der Waals surface area (Å²) in [4.78, 5) is 12.5. The number of nitrogens with one attached hydrogen (secondary N) is 1. The van der Waals surface area contributed by atoms with Crippen LogP contribution in [0.5, 0.6) is 5.75 Å². The van der Waals surface area contributed by atoms with Crippen LogP contribution in [0.15, 0.2) is 42.5 Å². The first kappa shape index (κ1) is 16.1. The van der Waals surface area contributed by atoms with E-state index in [1.165, 1.54) is 5.56 Å². The summed E-state index contributed by atoms with van der Waals surface area (Å²) in [6.45, 7) is 6.83. The van der Waals surface area contributed by atoms with Crippen LogP contribution in [0, 0.1) is 13.8 Å². The molecule has 2 rings (SSSR count). The van der Waals surface area contributed by atoms with Crippen molar-refractivity contribution in [3.63, 3.8) is 0 Å². The smallest absolute Gasteiger partial charge is 0.259 e. The SMILES string of the molecule is CCCCOc1ccccc1C(=O)Nc1ccc(C)c(C)c1. The highest BCUT2D eigenvalue weighted by Gasteiger charge is 2.12. The maximum atomic E-state index is 12.5. The fraction of sp³-hybridized carbons (Fsp3) is 0.316. The third-order valence-corrected chi connectivity index (χ3v) is 3.65. The number of benzene rings is 2. The van der Waals surface area contributed by atoms with E-state index in [4.69, 9.17) is 4.74 Å². The average Bonchev–Trinajstić information content (AvgIpc) is 2.51. The largest absolute Gasteiger partial charge is 0.493 e. The van der Waals surface area contributed by atoms with E-state index in [1.807, 2.05) is 43.3 Å². The molecule has 0 spiro atoms. The number of anilines is 1. The Labute approximate surface area is 132 Å². The van der Waals surface area contributed by atoms with Gasteiger partial charge in [0.2, 0.25) is 0 Å². The van der Waals surface area contributed by atoms with Gasteiger partial charge in [-0.15, -0.1) is 0 Å². The van der Waals surface area contributed by atoms with Gasteiger partial charge in [0.05, 0.1) is 12.2 Å². The Kier molecular flexibility index (Phi) is 5.59. The number of unbranched alkanes of at least 4 members (excludes halogenated alkanes) is 1. The van der Waals surface area contributed by atoms with Crippen molar-refractivity contribution in [3.8, 4) is 5.75 Å². The van der Waals surface area contributed by atoms with Crippen molar-refractivity contribution < 1.29 is 9.53 Å². The Morgan fingerprint density at radius 2 is 1.86 bits per heavy atom. The molecule has 0 aliphatic heterocycles. The molecule has 0 atom stereocenters. The molecule has 0 aliphatic carbocycles. The van der Waals surface area contributed by atoms with Crippen molar-refractivity contribution in [1.29, 1.82) is 0 Å². The Morgan fingerprint density at radius 1 is 1.09 bits per heavy atom. The van der Waals surface area contributed by atoms with Crippen molar-refractivity contribution in [1.82, 2.24) is 0 Å². The lowest BCUT2D eigenvalue weighted by Gasteiger charge is -2.12. The van der Waals surface area contributed by atoms with Crippen LogP contribution in [0.25, 0.3) is 0 Å². The van der Waals surface area contributed by atoms with Crippen molar-refractivity contribution in [3.05, 3.63) is 59.2 Å². The molecule has 1 amide bonds. The van der Waals surface area contributed by atoms with Gasteiger partial charge in [0.1, 0.15) is 5.75 Å². The molecule has 0 bridgehead atoms. The molecule has 0 saturated carbocycles. The fourth-order valence-electron chi connectivity index (χ4n) is 2.12. The molecule has 0 aromatic heterocycles. The van der Waals surface area contributed by atoms with E-state index in [9.17, 15) is 4.79 Å². The predicted molar refractivity (Wildman–Crippen MR) is 90.7 cm³/mol. The van der Waals surface area contributed by atoms with Gasteiger partial charge in [-0.2, -0.15) is 0 Å². The lowest BCUT2D eigenvalue weighted by atomic mass is 10.1. The number of rotatable bonds is 6. The Hall–Kier alpha value is -2.29. The molecule has 0 unspecified atom stereocenters. The molecule has 0 radical (unpaired) electrons. The zero-order chi connectivity index (χ0) is 15.9. The highest BCUT2D eigenvalue weighted by molar-refractivity contribution is 6.06. The first-order chi connectivity index (χ1) is 10.6. The Bertz CT molecular complexity index is 650. The molecule has 3 nitrogen and oxygen atoms in total. The minimum absolute atomic E-state index is 0.143. The summed E-state index contributed by atoms with van der Waals surface area (Å²) < 4.78 is 5.72. The molecule has 2 aromatic rings. The zero-order valence-electron chi connectivity index (χ0n) is 13.5. The van der Waals surface area contributed by atoms with Crippen LogP contribution in [-0.4, -0.2) is 12.5 Å². The van der Waals surface area contributed by atoms with Crippen molar-refractivity contribution in [2.24, 2.45) is 0 Å². The van der Waals surface area contributed by atoms with Gasteiger partial charge in [0, 0.05) is 5.69 Å². The number of ether oxygens (including phenoxy) is 1. The summed E-state index contributed by atoms with van der Waals surface area (Å²) >= 11 is 0. The molecule has 0 aliphatic rings. The molecule has 22 heavy (non-hydrogen) atoms. The van der Waals surface area contributed by atoms with E-state index in [-0.39, 0.29) is 5.91 Å². The van der Waals surface area contributed by atoms with Crippen molar-refractivity contribution in [2.75, 3.05) is 11.9 Å². The van der Waals surface area contributed by atoms with Gasteiger partial charge in [0.15, 0.2) is 0 Å². The van der Waals surface area contributed by atoms with Crippen LogP contribution in [0.2, 0.25) is 0 Å². The highest BCUT2D eigenvalue weighted by atomic mass is 16.5. The molecule has 3 heteroatoms. The fourth-order valence-corrected chi connectivity index (χ4v) is 2.12. The van der Waals surface area contributed by atoms with Crippen molar-refractivity contribution >= 4 is 11.6 Å². The number of amides is 1. The van der Waals surface area contributed by atoms with Gasteiger partial charge in [-0.25, -0.2) is 0 Å². The van der Waals surface area contributed by atoms with Crippen LogP contribution in [0.3, 0.4) is 0 Å². The van der Waals surface area contributed by atoms with Gasteiger partial charge in [0.25, 0.3) is 5.91 Å². The van der Waals surface area contributed by atoms with E-state index in [0.29, 0.717) is 17.9 Å². The van der Waals surface area contributed by atoms with Crippen LogP contribution in [0.4, 0.5) is 5.69 Å². The standard InChI is InChI=1S/C19H23NO2/c1-4-5-12-22-18-9-7-6-8-17(18)19(21)20-16-11-10-14(2)15(3)13-16/h6-11,13H,4-5,12H2,1-3H3,(H,20,21). The molecule has 0 heterocycles. The maximum absolute atomic E-state index is 12.5. The van der Waals surface area contributed by atoms with Crippen LogP contribution in [0.1, 0.15) is 41.3 Å². The molecule has 116 valence electrons. The van der Waals surface area contributed by atoms with Gasteiger partial charge in [-0.3, -0.25) is 4.79 Å². The van der Waals surface area contributed by atoms with Gasteiger partial charge in [-0.1, -0.05) is 31.5 Å². The third-order valence-electron chi connectivity index (χ3n) is 3.65. The number of carbonyl (C=O) groups is 1. The summed E-state index contributed by atoms with van der Waals surface area (Å²) in [5.74, 6) is 0.493. The van der Waals surface area contributed by atoms with Gasteiger partial charge < -0.3 is 10.1 Å². The first-order valence-corrected chi connectivity index (χ1v) is 7.72. The summed E-state index contributed by atoms with van der Waals surface area (Å²) in [6.07, 6.45) is 2.05. The molecule has 0 saturated heterocycles. The van der Waals surface area contributed by atoms with E-state index < -0.39 is 0 Å². The van der Waals surface area contributed by atoms with Gasteiger partial charge in [-0.05, 0) is 55.7 Å². The number of para-hydroxylation sites is 1. The van der Waals surface area contributed by atoms with Crippen LogP contribution >= 0.6 is 0 Å². The minimum atomic E-state index is -0.143. The number of hydrogen-bond acceptors (Lipinski definition) is 2. The Balaban J connectivity index is 2.13. The normalized spacial score (nSPS) is 10.3. The van der Waals surface area contributed by atoms with Crippen molar-refractivity contribution in [2.45, 2.75) is 33.6 Å².